The molecular weight excluding hydrogens is 400 g/mol. The number of hydrogen-bond acceptors (Lipinski definition) is 3. The van der Waals surface area contributed by atoms with Gasteiger partial charge in [-0.15, -0.1) is 0 Å². The molecule has 0 amide bonds. The molecule has 2 unspecified atom stereocenters. The maximum atomic E-state index is 6.48. The second-order valence-electron chi connectivity index (χ2n) is 6.63. The molecule has 2 heterocycles. The number of ether oxygens (including phenoxy) is 2. The Bertz CT molecular complexity index is 872. The van der Waals surface area contributed by atoms with Crippen LogP contribution in [0.1, 0.15) is 30.5 Å². The normalized spacial score (nSPS) is 24.2. The minimum Gasteiger partial charge on any atom is -0.493 e. The van der Waals surface area contributed by atoms with Gasteiger partial charge in [-0.2, -0.15) is 0 Å². The summed E-state index contributed by atoms with van der Waals surface area (Å²) in [4.78, 5) is 2.06. The van der Waals surface area contributed by atoms with Crippen LogP contribution in [0, 0.1) is 6.92 Å². The molecule has 1 saturated heterocycles. The van der Waals surface area contributed by atoms with Gasteiger partial charge >= 0.3 is 0 Å². The van der Waals surface area contributed by atoms with Gasteiger partial charge in [0, 0.05) is 22.1 Å². The number of nitrogens with one attached hydrogen (secondary N) is 1. The Morgan fingerprint density at radius 1 is 1.36 bits per heavy atom. The van der Waals surface area contributed by atoms with E-state index in [0.717, 1.165) is 39.2 Å². The summed E-state index contributed by atoms with van der Waals surface area (Å²) in [6, 6.07) is 12.3. The molecule has 0 saturated carbocycles. The Hall–Kier alpha value is -1.79. The van der Waals surface area contributed by atoms with Gasteiger partial charge in [0.1, 0.15) is 0 Å². The fraction of sp³-hybridized carbons (Fsp3) is 0.316. The number of aryl methyl sites for hydroxylation is 1. The monoisotopic (exact) mass is 418 g/mol. The average Bonchev–Trinajstić information content (AvgIpc) is 2.57. The highest BCUT2D eigenvalue weighted by atomic mass is 79.9. The number of methoxy groups -OCH3 is 1. The topological polar surface area (TPSA) is 33.7 Å². The number of para-hydroxylation sites is 1. The molecule has 2 aliphatic heterocycles. The van der Waals surface area contributed by atoms with Gasteiger partial charge in [-0.3, -0.25) is 4.90 Å². The molecule has 2 aliphatic rings. The predicted molar refractivity (Wildman–Crippen MR) is 106 cm³/mol. The molecule has 1 fully saturated rings. The lowest BCUT2D eigenvalue weighted by Crippen LogP contribution is -2.65. The van der Waals surface area contributed by atoms with E-state index in [4.69, 9.17) is 21.7 Å². The van der Waals surface area contributed by atoms with Gasteiger partial charge in [-0.25, -0.2) is 0 Å². The van der Waals surface area contributed by atoms with Crippen LogP contribution in [0.4, 0.5) is 5.69 Å². The summed E-state index contributed by atoms with van der Waals surface area (Å²) in [6.07, 6.45) is 0.794. The van der Waals surface area contributed by atoms with Crippen LogP contribution in [-0.4, -0.2) is 17.9 Å². The van der Waals surface area contributed by atoms with Gasteiger partial charge in [0.15, 0.2) is 22.3 Å². The fourth-order valence-corrected chi connectivity index (χ4v) is 4.37. The van der Waals surface area contributed by atoms with Gasteiger partial charge in [-0.1, -0.05) is 28.1 Å². The van der Waals surface area contributed by atoms with Crippen molar-refractivity contribution >= 4 is 38.9 Å². The molecule has 2 bridgehead atoms. The van der Waals surface area contributed by atoms with E-state index in [1.54, 1.807) is 7.11 Å². The number of rotatable bonds is 2. The standard InChI is InChI=1S/C19H19BrN2O2S/c1-11-9-12(7-8-14(11)20)22-18(25)21-15-10-19(22,2)24-17-13(15)5-4-6-16(17)23-3/h4-9,15H,10H2,1-3H3,(H,21,25). The number of nitrogens with zero attached hydrogens (tertiary/aromatic N) is 1. The van der Waals surface area contributed by atoms with E-state index in [1.807, 2.05) is 18.2 Å². The SMILES string of the molecule is COc1cccc2c1OC1(C)CC2NC(=S)N1c1ccc(Br)c(C)c1. The number of anilines is 1. The minimum absolute atomic E-state index is 0.115. The van der Waals surface area contributed by atoms with E-state index in [9.17, 15) is 0 Å². The molecule has 6 heteroatoms. The van der Waals surface area contributed by atoms with Crippen molar-refractivity contribution in [1.82, 2.24) is 5.32 Å². The third-order valence-corrected chi connectivity index (χ3v) is 6.07. The highest BCUT2D eigenvalue weighted by molar-refractivity contribution is 9.10. The van der Waals surface area contributed by atoms with E-state index in [2.05, 4.69) is 58.2 Å². The molecule has 4 nitrogen and oxygen atoms in total. The van der Waals surface area contributed by atoms with E-state index >= 15 is 0 Å². The van der Waals surface area contributed by atoms with Crippen molar-refractivity contribution in [1.29, 1.82) is 0 Å². The first-order valence-corrected chi connectivity index (χ1v) is 9.36. The molecule has 0 aliphatic carbocycles. The molecule has 0 aromatic heterocycles. The minimum atomic E-state index is -0.575. The van der Waals surface area contributed by atoms with Gasteiger partial charge in [0.2, 0.25) is 0 Å². The summed E-state index contributed by atoms with van der Waals surface area (Å²) in [7, 11) is 1.67. The molecule has 130 valence electrons. The van der Waals surface area contributed by atoms with Crippen LogP contribution in [0.3, 0.4) is 0 Å². The third kappa shape index (κ3) is 2.59. The highest BCUT2D eigenvalue weighted by Crippen LogP contribution is 2.49. The largest absolute Gasteiger partial charge is 0.493 e. The zero-order valence-electron chi connectivity index (χ0n) is 14.3. The average molecular weight is 419 g/mol. The summed E-state index contributed by atoms with van der Waals surface area (Å²) in [6.45, 7) is 4.15. The Morgan fingerprint density at radius 3 is 2.88 bits per heavy atom. The van der Waals surface area contributed by atoms with Crippen molar-refractivity contribution in [2.24, 2.45) is 0 Å². The van der Waals surface area contributed by atoms with Crippen molar-refractivity contribution in [2.75, 3.05) is 12.0 Å². The Morgan fingerprint density at radius 2 is 2.16 bits per heavy atom. The van der Waals surface area contributed by atoms with Crippen molar-refractivity contribution < 1.29 is 9.47 Å². The van der Waals surface area contributed by atoms with Crippen molar-refractivity contribution in [3.8, 4) is 11.5 Å². The number of hydrogen-bond donors (Lipinski definition) is 1. The number of benzene rings is 2. The summed E-state index contributed by atoms with van der Waals surface area (Å²) in [5, 5.41) is 4.15. The second kappa shape index (κ2) is 5.88. The molecule has 1 N–H and O–H groups in total. The van der Waals surface area contributed by atoms with Crippen molar-refractivity contribution in [2.45, 2.75) is 32.0 Å². The second-order valence-corrected chi connectivity index (χ2v) is 7.87. The van der Waals surface area contributed by atoms with Gasteiger partial charge in [0.05, 0.1) is 13.2 Å². The first-order chi connectivity index (χ1) is 11.9. The summed E-state index contributed by atoms with van der Waals surface area (Å²) in [5.41, 5.74) is 2.68. The Balaban J connectivity index is 1.82. The fourth-order valence-electron chi connectivity index (χ4n) is 3.68. The first kappa shape index (κ1) is 16.7. The first-order valence-electron chi connectivity index (χ1n) is 8.16. The van der Waals surface area contributed by atoms with Crippen LogP contribution in [0.25, 0.3) is 0 Å². The zero-order valence-corrected chi connectivity index (χ0v) is 16.7. The zero-order chi connectivity index (χ0) is 17.8. The van der Waals surface area contributed by atoms with Crippen LogP contribution >= 0.6 is 28.1 Å². The molecule has 25 heavy (non-hydrogen) atoms. The Kier molecular flexibility index (Phi) is 3.92. The number of halogens is 1. The van der Waals surface area contributed by atoms with Crippen LogP contribution in [-0.2, 0) is 0 Å². The summed E-state index contributed by atoms with van der Waals surface area (Å²) in [5.74, 6) is 1.53. The molecule has 0 radical (unpaired) electrons. The molecule has 2 atom stereocenters. The van der Waals surface area contributed by atoms with E-state index in [0.29, 0.717) is 5.11 Å². The lowest BCUT2D eigenvalue weighted by molar-refractivity contribution is 0.0464. The maximum absolute atomic E-state index is 6.48. The highest BCUT2D eigenvalue weighted by Gasteiger charge is 2.49. The smallest absolute Gasteiger partial charge is 0.188 e. The molecule has 2 aromatic rings. The van der Waals surface area contributed by atoms with Gasteiger partial charge in [-0.05, 0) is 55.9 Å². The lowest BCUT2D eigenvalue weighted by Gasteiger charge is -2.52. The molecule has 4 rings (SSSR count). The molecule has 0 spiro atoms. The van der Waals surface area contributed by atoms with Crippen LogP contribution in [0.5, 0.6) is 11.5 Å². The van der Waals surface area contributed by atoms with Crippen molar-refractivity contribution in [3.05, 3.63) is 52.0 Å². The van der Waals surface area contributed by atoms with Crippen molar-refractivity contribution in [3.63, 3.8) is 0 Å². The molecular formula is C19H19BrN2O2S. The van der Waals surface area contributed by atoms with Gasteiger partial charge in [0.25, 0.3) is 0 Å². The van der Waals surface area contributed by atoms with Crippen LogP contribution in [0.15, 0.2) is 40.9 Å². The predicted octanol–water partition coefficient (Wildman–Crippen LogP) is 4.70. The summed E-state index contributed by atoms with van der Waals surface area (Å²) >= 11 is 9.25. The van der Waals surface area contributed by atoms with E-state index < -0.39 is 5.72 Å². The third-order valence-electron chi connectivity index (χ3n) is 4.88. The lowest BCUT2D eigenvalue weighted by atomic mass is 9.90. The maximum Gasteiger partial charge on any atom is 0.188 e. The van der Waals surface area contributed by atoms with Gasteiger partial charge < -0.3 is 14.8 Å². The van der Waals surface area contributed by atoms with Crippen LogP contribution < -0.4 is 19.7 Å². The number of thiocarbonyl (C=S) groups is 1. The summed E-state index contributed by atoms with van der Waals surface area (Å²) < 4.78 is 13.1. The Labute approximate surface area is 161 Å². The number of fused-ring (bicyclic) bond motifs is 4. The van der Waals surface area contributed by atoms with Crippen LogP contribution in [0.2, 0.25) is 0 Å². The van der Waals surface area contributed by atoms with E-state index in [-0.39, 0.29) is 6.04 Å². The van der Waals surface area contributed by atoms with E-state index in [1.165, 1.54) is 0 Å². The molecule has 2 aromatic carbocycles. The quantitative estimate of drug-likeness (QED) is 0.714.